The van der Waals surface area contributed by atoms with Gasteiger partial charge in [-0.3, -0.25) is 9.59 Å². The molecule has 0 atom stereocenters. The summed E-state index contributed by atoms with van der Waals surface area (Å²) in [5, 5.41) is 4.80. The number of ketones is 1. The lowest BCUT2D eigenvalue weighted by Crippen LogP contribution is -2.35. The largest absolute Gasteiger partial charge is 0.487 e. The van der Waals surface area contributed by atoms with Gasteiger partial charge in [-0.25, -0.2) is 0 Å². The van der Waals surface area contributed by atoms with Gasteiger partial charge in [0, 0.05) is 11.3 Å². The van der Waals surface area contributed by atoms with Crippen molar-refractivity contribution >= 4 is 28.2 Å². The molecular formula is C22H19NO3. The predicted molar refractivity (Wildman–Crippen MR) is 102 cm³/mol. The molecule has 0 aromatic heterocycles. The van der Waals surface area contributed by atoms with Gasteiger partial charge in [0.2, 0.25) is 0 Å². The van der Waals surface area contributed by atoms with E-state index in [1.54, 1.807) is 24.3 Å². The molecule has 0 bridgehead atoms. The van der Waals surface area contributed by atoms with Crippen LogP contribution in [-0.2, 0) is 0 Å². The molecule has 0 saturated carbocycles. The van der Waals surface area contributed by atoms with E-state index in [1.165, 1.54) is 0 Å². The number of hydrogen-bond acceptors (Lipinski definition) is 3. The minimum absolute atomic E-state index is 0.0255. The van der Waals surface area contributed by atoms with Crippen molar-refractivity contribution in [1.82, 2.24) is 0 Å². The van der Waals surface area contributed by atoms with Crippen molar-refractivity contribution in [2.45, 2.75) is 25.9 Å². The highest BCUT2D eigenvalue weighted by atomic mass is 16.5. The van der Waals surface area contributed by atoms with Gasteiger partial charge < -0.3 is 10.1 Å². The van der Waals surface area contributed by atoms with Crippen LogP contribution < -0.4 is 10.1 Å². The quantitative estimate of drug-likeness (QED) is 0.723. The predicted octanol–water partition coefficient (Wildman–Crippen LogP) is 4.84. The number of Topliss-reactive ketones (excluding diaryl/α,β-unsaturated/α-hetero) is 1. The fourth-order valence-corrected chi connectivity index (χ4v) is 3.35. The molecule has 0 unspecified atom stereocenters. The molecule has 130 valence electrons. The monoisotopic (exact) mass is 345 g/mol. The second-order valence-corrected chi connectivity index (χ2v) is 7.15. The van der Waals surface area contributed by atoms with Gasteiger partial charge in [0.25, 0.3) is 5.91 Å². The molecule has 1 heterocycles. The summed E-state index contributed by atoms with van der Waals surface area (Å²) in [6, 6.07) is 18.6. The summed E-state index contributed by atoms with van der Waals surface area (Å²) in [7, 11) is 0. The Hall–Kier alpha value is -3.14. The molecule has 3 aromatic carbocycles. The van der Waals surface area contributed by atoms with Crippen molar-refractivity contribution in [2.24, 2.45) is 0 Å². The highest BCUT2D eigenvalue weighted by molar-refractivity contribution is 6.13. The van der Waals surface area contributed by atoms with Gasteiger partial charge in [0.15, 0.2) is 5.78 Å². The van der Waals surface area contributed by atoms with Crippen LogP contribution in [0.2, 0.25) is 0 Å². The Labute approximate surface area is 151 Å². The lowest BCUT2D eigenvalue weighted by molar-refractivity contribution is 0.0620. The van der Waals surface area contributed by atoms with Gasteiger partial charge >= 0.3 is 0 Å². The van der Waals surface area contributed by atoms with Crippen LogP contribution in [0.4, 0.5) is 5.69 Å². The fraction of sp³-hybridized carbons (Fsp3) is 0.182. The molecule has 1 N–H and O–H groups in total. The summed E-state index contributed by atoms with van der Waals surface area (Å²) < 4.78 is 5.86. The molecule has 0 saturated heterocycles. The molecule has 0 radical (unpaired) electrons. The number of hydrogen-bond donors (Lipinski definition) is 1. The van der Waals surface area contributed by atoms with Crippen LogP contribution in [0.1, 0.15) is 41.0 Å². The van der Waals surface area contributed by atoms with E-state index in [-0.39, 0.29) is 11.7 Å². The Morgan fingerprint density at radius 3 is 2.65 bits per heavy atom. The maximum atomic E-state index is 12.8. The van der Waals surface area contributed by atoms with Crippen LogP contribution >= 0.6 is 0 Å². The number of fused-ring (bicyclic) bond motifs is 2. The number of benzene rings is 3. The Kier molecular flexibility index (Phi) is 3.76. The van der Waals surface area contributed by atoms with Crippen molar-refractivity contribution in [3.8, 4) is 5.75 Å². The number of rotatable bonds is 2. The first-order chi connectivity index (χ1) is 12.4. The molecule has 1 aliphatic heterocycles. The summed E-state index contributed by atoms with van der Waals surface area (Å²) in [6.07, 6.45) is 0.320. The summed E-state index contributed by atoms with van der Waals surface area (Å²) in [5.74, 6) is 0.387. The van der Waals surface area contributed by atoms with Crippen LogP contribution in [0, 0.1) is 0 Å². The molecule has 1 amide bonds. The minimum atomic E-state index is -0.502. The Morgan fingerprint density at radius 1 is 1.04 bits per heavy atom. The van der Waals surface area contributed by atoms with Crippen LogP contribution in [0.15, 0.2) is 60.7 Å². The van der Waals surface area contributed by atoms with Gasteiger partial charge in [-0.2, -0.15) is 0 Å². The first-order valence-corrected chi connectivity index (χ1v) is 8.58. The van der Waals surface area contributed by atoms with E-state index in [9.17, 15) is 9.59 Å². The highest BCUT2D eigenvalue weighted by Gasteiger charge is 2.32. The molecule has 1 aliphatic rings. The van der Waals surface area contributed by atoms with Crippen LogP contribution in [0.25, 0.3) is 10.8 Å². The molecular weight excluding hydrogens is 326 g/mol. The summed E-state index contributed by atoms with van der Waals surface area (Å²) in [6.45, 7) is 3.79. The van der Waals surface area contributed by atoms with E-state index in [4.69, 9.17) is 4.74 Å². The number of nitrogens with one attached hydrogen (secondary N) is 1. The summed E-state index contributed by atoms with van der Waals surface area (Å²) >= 11 is 0. The van der Waals surface area contributed by atoms with Crippen LogP contribution in [-0.4, -0.2) is 17.3 Å². The van der Waals surface area contributed by atoms with Gasteiger partial charge in [-0.1, -0.05) is 36.4 Å². The Bertz CT molecular complexity index is 1030. The minimum Gasteiger partial charge on any atom is -0.487 e. The average Bonchev–Trinajstić information content (AvgIpc) is 2.61. The number of anilines is 1. The number of carbonyl (C=O) groups excluding carboxylic acids is 2. The molecule has 26 heavy (non-hydrogen) atoms. The number of ether oxygens (including phenoxy) is 1. The van der Waals surface area contributed by atoms with Crippen molar-refractivity contribution in [1.29, 1.82) is 0 Å². The van der Waals surface area contributed by atoms with E-state index in [0.29, 0.717) is 29.0 Å². The third-order valence-electron chi connectivity index (χ3n) is 4.54. The van der Waals surface area contributed by atoms with Crippen molar-refractivity contribution in [3.63, 3.8) is 0 Å². The lowest BCUT2D eigenvalue weighted by atomic mass is 9.93. The van der Waals surface area contributed by atoms with Gasteiger partial charge in [-0.05, 0) is 48.9 Å². The second-order valence-electron chi connectivity index (χ2n) is 7.15. The molecule has 0 spiro atoms. The molecule has 4 heteroatoms. The number of carbonyl (C=O) groups is 2. The standard InChI is InChI=1S/C22H19NO3/c1-22(2)13-19(24)18-12-15(10-11-20(18)26-22)23-21(25)17-9-5-7-14-6-3-4-8-16(14)17/h3-12H,13H2,1-2H3,(H,23,25). The SMILES string of the molecule is CC1(C)CC(=O)c2cc(NC(=O)c3cccc4ccccc34)ccc2O1. The molecule has 4 rings (SSSR count). The molecule has 3 aromatic rings. The first-order valence-electron chi connectivity index (χ1n) is 8.58. The lowest BCUT2D eigenvalue weighted by Gasteiger charge is -2.31. The van der Waals surface area contributed by atoms with E-state index >= 15 is 0 Å². The van der Waals surface area contributed by atoms with E-state index < -0.39 is 5.60 Å². The van der Waals surface area contributed by atoms with E-state index in [0.717, 1.165) is 10.8 Å². The number of amides is 1. The third kappa shape index (κ3) is 2.94. The zero-order chi connectivity index (χ0) is 18.3. The van der Waals surface area contributed by atoms with Crippen LogP contribution in [0.3, 0.4) is 0 Å². The molecule has 4 nitrogen and oxygen atoms in total. The second kappa shape index (κ2) is 5.99. The maximum Gasteiger partial charge on any atom is 0.256 e. The van der Waals surface area contributed by atoms with Crippen molar-refractivity contribution in [2.75, 3.05) is 5.32 Å². The Balaban J connectivity index is 1.65. The zero-order valence-corrected chi connectivity index (χ0v) is 14.7. The fourth-order valence-electron chi connectivity index (χ4n) is 3.35. The van der Waals surface area contributed by atoms with Crippen molar-refractivity contribution < 1.29 is 14.3 Å². The normalized spacial score (nSPS) is 15.2. The van der Waals surface area contributed by atoms with Gasteiger partial charge in [-0.15, -0.1) is 0 Å². The summed E-state index contributed by atoms with van der Waals surface area (Å²) in [5.41, 5.74) is 1.19. The maximum absolute atomic E-state index is 12.8. The van der Waals surface area contributed by atoms with Gasteiger partial charge in [0.05, 0.1) is 12.0 Å². The van der Waals surface area contributed by atoms with E-state index in [1.807, 2.05) is 50.2 Å². The third-order valence-corrected chi connectivity index (χ3v) is 4.54. The average molecular weight is 345 g/mol. The molecule has 0 aliphatic carbocycles. The van der Waals surface area contributed by atoms with Crippen molar-refractivity contribution in [3.05, 3.63) is 71.8 Å². The summed E-state index contributed by atoms with van der Waals surface area (Å²) in [4.78, 5) is 25.1. The zero-order valence-electron chi connectivity index (χ0n) is 14.7. The van der Waals surface area contributed by atoms with Gasteiger partial charge in [0.1, 0.15) is 11.4 Å². The topological polar surface area (TPSA) is 55.4 Å². The highest BCUT2D eigenvalue weighted by Crippen LogP contribution is 2.34. The van der Waals surface area contributed by atoms with Crippen LogP contribution in [0.5, 0.6) is 5.75 Å². The van der Waals surface area contributed by atoms with E-state index in [2.05, 4.69) is 5.32 Å². The molecule has 0 fully saturated rings. The first kappa shape index (κ1) is 16.3. The smallest absolute Gasteiger partial charge is 0.256 e. The Morgan fingerprint density at radius 2 is 1.81 bits per heavy atom.